The molecular formula is C9H11N3O. The second kappa shape index (κ2) is 2.97. The molecule has 1 heterocycles. The summed E-state index contributed by atoms with van der Waals surface area (Å²) >= 11 is 0. The minimum absolute atomic E-state index is 0.387. The summed E-state index contributed by atoms with van der Waals surface area (Å²) in [5, 5.41) is 3.12. The van der Waals surface area contributed by atoms with Gasteiger partial charge in [-0.05, 0) is 11.6 Å². The fraction of sp³-hybridized carbons (Fsp3) is 0.222. The number of amides is 2. The molecule has 4 nitrogen and oxygen atoms in total. The molecule has 0 aromatic heterocycles. The minimum atomic E-state index is -0.387. The van der Waals surface area contributed by atoms with Crippen molar-refractivity contribution in [1.29, 1.82) is 0 Å². The number of primary amides is 1. The number of hydrogen-bond donors (Lipinski definition) is 2. The maximum absolute atomic E-state index is 10.9. The lowest BCUT2D eigenvalue weighted by Gasteiger charge is -2.28. The number of hydrogen-bond acceptors (Lipinski definition) is 2. The maximum atomic E-state index is 10.9. The SMILES string of the molecule is NC(=O)N1CNc2ccccc2C1. The van der Waals surface area contributed by atoms with Crippen molar-refractivity contribution in [2.75, 3.05) is 12.0 Å². The predicted molar refractivity (Wildman–Crippen MR) is 50.1 cm³/mol. The molecule has 0 spiro atoms. The van der Waals surface area contributed by atoms with Gasteiger partial charge >= 0.3 is 6.03 Å². The molecule has 4 heteroatoms. The zero-order valence-corrected chi connectivity index (χ0v) is 7.16. The number of nitrogens with one attached hydrogen (secondary N) is 1. The highest BCUT2D eigenvalue weighted by Gasteiger charge is 2.16. The third kappa shape index (κ3) is 1.42. The lowest BCUT2D eigenvalue weighted by atomic mass is 10.1. The topological polar surface area (TPSA) is 58.4 Å². The Morgan fingerprint density at radius 2 is 2.23 bits per heavy atom. The third-order valence-corrected chi connectivity index (χ3v) is 2.15. The van der Waals surface area contributed by atoms with E-state index >= 15 is 0 Å². The molecular weight excluding hydrogens is 166 g/mol. The molecule has 0 unspecified atom stereocenters. The summed E-state index contributed by atoms with van der Waals surface area (Å²) < 4.78 is 0. The van der Waals surface area contributed by atoms with Gasteiger partial charge in [0.1, 0.15) is 0 Å². The Morgan fingerprint density at radius 1 is 1.46 bits per heavy atom. The first-order valence-corrected chi connectivity index (χ1v) is 4.13. The number of fused-ring (bicyclic) bond motifs is 1. The lowest BCUT2D eigenvalue weighted by molar-refractivity contribution is 0.207. The molecule has 13 heavy (non-hydrogen) atoms. The van der Waals surface area contributed by atoms with E-state index in [0.717, 1.165) is 11.3 Å². The van der Waals surface area contributed by atoms with Crippen LogP contribution in [-0.4, -0.2) is 17.6 Å². The monoisotopic (exact) mass is 177 g/mol. The van der Waals surface area contributed by atoms with Gasteiger partial charge in [-0.15, -0.1) is 0 Å². The highest BCUT2D eigenvalue weighted by molar-refractivity contribution is 5.73. The third-order valence-electron chi connectivity index (χ3n) is 2.15. The summed E-state index contributed by atoms with van der Waals surface area (Å²) in [6.45, 7) is 1.09. The molecule has 0 radical (unpaired) electrons. The van der Waals surface area contributed by atoms with Crippen molar-refractivity contribution in [3.8, 4) is 0 Å². The molecule has 1 aliphatic heterocycles. The summed E-state index contributed by atoms with van der Waals surface area (Å²) in [7, 11) is 0. The largest absolute Gasteiger partial charge is 0.367 e. The Hall–Kier alpha value is -1.71. The van der Waals surface area contributed by atoms with Crippen LogP contribution in [0.3, 0.4) is 0 Å². The average molecular weight is 177 g/mol. The number of nitrogens with zero attached hydrogens (tertiary/aromatic N) is 1. The summed E-state index contributed by atoms with van der Waals surface area (Å²) in [5.74, 6) is 0. The molecule has 0 bridgehead atoms. The smallest absolute Gasteiger partial charge is 0.316 e. The molecule has 68 valence electrons. The Kier molecular flexibility index (Phi) is 1.81. The Morgan fingerprint density at radius 3 is 3.00 bits per heavy atom. The summed E-state index contributed by atoms with van der Waals surface area (Å²) in [6.07, 6.45) is 0. The molecule has 0 aliphatic carbocycles. The second-order valence-corrected chi connectivity index (χ2v) is 3.03. The van der Waals surface area contributed by atoms with E-state index in [1.165, 1.54) is 0 Å². The first-order chi connectivity index (χ1) is 6.27. The molecule has 1 aromatic carbocycles. The Bertz CT molecular complexity index is 337. The van der Waals surface area contributed by atoms with Gasteiger partial charge in [0.2, 0.25) is 0 Å². The number of carbonyl (C=O) groups excluding carboxylic acids is 1. The zero-order chi connectivity index (χ0) is 9.26. The summed E-state index contributed by atoms with van der Waals surface area (Å²) in [6, 6.07) is 7.50. The van der Waals surface area contributed by atoms with Gasteiger partial charge in [0.05, 0.1) is 13.2 Å². The first kappa shape index (κ1) is 7.91. The summed E-state index contributed by atoms with van der Waals surface area (Å²) in [4.78, 5) is 12.4. The Balaban J connectivity index is 2.24. The van der Waals surface area contributed by atoms with Gasteiger partial charge in [-0.1, -0.05) is 18.2 Å². The van der Waals surface area contributed by atoms with E-state index in [9.17, 15) is 4.79 Å². The van der Waals surface area contributed by atoms with Crippen LogP contribution in [0.15, 0.2) is 24.3 Å². The van der Waals surface area contributed by atoms with E-state index < -0.39 is 0 Å². The van der Waals surface area contributed by atoms with Crippen molar-refractivity contribution in [3.63, 3.8) is 0 Å². The van der Waals surface area contributed by atoms with Crippen LogP contribution < -0.4 is 11.1 Å². The van der Waals surface area contributed by atoms with E-state index in [0.29, 0.717) is 13.2 Å². The van der Waals surface area contributed by atoms with Crippen molar-refractivity contribution in [1.82, 2.24) is 4.90 Å². The van der Waals surface area contributed by atoms with Crippen LogP contribution in [0.25, 0.3) is 0 Å². The minimum Gasteiger partial charge on any atom is -0.367 e. The normalized spacial score (nSPS) is 14.6. The second-order valence-electron chi connectivity index (χ2n) is 3.03. The molecule has 2 amide bonds. The van der Waals surface area contributed by atoms with E-state index in [1.54, 1.807) is 4.90 Å². The quantitative estimate of drug-likeness (QED) is 0.619. The first-order valence-electron chi connectivity index (χ1n) is 4.13. The summed E-state index contributed by atoms with van der Waals surface area (Å²) in [5.41, 5.74) is 7.36. The standard InChI is InChI=1S/C9H11N3O/c10-9(13)12-5-7-3-1-2-4-8(7)11-6-12/h1-4,11H,5-6H2,(H2,10,13). The van der Waals surface area contributed by atoms with E-state index in [2.05, 4.69) is 5.32 Å². The highest BCUT2D eigenvalue weighted by Crippen LogP contribution is 2.20. The van der Waals surface area contributed by atoms with E-state index in [4.69, 9.17) is 5.73 Å². The van der Waals surface area contributed by atoms with Gasteiger partial charge in [0.15, 0.2) is 0 Å². The average Bonchev–Trinajstić information content (AvgIpc) is 2.17. The van der Waals surface area contributed by atoms with Crippen molar-refractivity contribution >= 4 is 11.7 Å². The van der Waals surface area contributed by atoms with Crippen LogP contribution in [0.2, 0.25) is 0 Å². The van der Waals surface area contributed by atoms with Gasteiger partial charge in [0, 0.05) is 5.69 Å². The van der Waals surface area contributed by atoms with Crippen LogP contribution in [0.4, 0.5) is 10.5 Å². The molecule has 0 fully saturated rings. The van der Waals surface area contributed by atoms with Crippen LogP contribution in [-0.2, 0) is 6.54 Å². The van der Waals surface area contributed by atoms with Gasteiger partial charge in [0.25, 0.3) is 0 Å². The van der Waals surface area contributed by atoms with Gasteiger partial charge in [-0.3, -0.25) is 0 Å². The number of carbonyl (C=O) groups is 1. The van der Waals surface area contributed by atoms with Crippen LogP contribution in [0, 0.1) is 0 Å². The molecule has 0 saturated heterocycles. The van der Waals surface area contributed by atoms with Gasteiger partial charge < -0.3 is 16.0 Å². The van der Waals surface area contributed by atoms with Crippen molar-refractivity contribution in [3.05, 3.63) is 29.8 Å². The van der Waals surface area contributed by atoms with Crippen molar-refractivity contribution in [2.24, 2.45) is 5.73 Å². The highest BCUT2D eigenvalue weighted by atomic mass is 16.2. The molecule has 3 N–H and O–H groups in total. The Labute approximate surface area is 76.3 Å². The number of nitrogens with two attached hydrogens (primary N) is 1. The fourth-order valence-corrected chi connectivity index (χ4v) is 1.43. The van der Waals surface area contributed by atoms with Gasteiger partial charge in [-0.25, -0.2) is 4.79 Å². The van der Waals surface area contributed by atoms with Crippen molar-refractivity contribution < 1.29 is 4.79 Å². The van der Waals surface area contributed by atoms with Crippen LogP contribution >= 0.6 is 0 Å². The molecule has 1 aliphatic rings. The zero-order valence-electron chi connectivity index (χ0n) is 7.16. The number of benzene rings is 1. The van der Waals surface area contributed by atoms with E-state index in [1.807, 2.05) is 24.3 Å². The van der Waals surface area contributed by atoms with E-state index in [-0.39, 0.29) is 6.03 Å². The number of rotatable bonds is 0. The molecule has 1 aromatic rings. The maximum Gasteiger partial charge on any atom is 0.316 e. The van der Waals surface area contributed by atoms with Crippen LogP contribution in [0.5, 0.6) is 0 Å². The molecule has 0 atom stereocenters. The lowest BCUT2D eigenvalue weighted by Crippen LogP contribution is -2.41. The van der Waals surface area contributed by atoms with Gasteiger partial charge in [-0.2, -0.15) is 0 Å². The fourth-order valence-electron chi connectivity index (χ4n) is 1.43. The van der Waals surface area contributed by atoms with Crippen molar-refractivity contribution in [2.45, 2.75) is 6.54 Å². The molecule has 2 rings (SSSR count). The predicted octanol–water partition coefficient (Wildman–Crippen LogP) is 0.950. The molecule has 0 saturated carbocycles. The number of anilines is 1. The number of para-hydroxylation sites is 1. The van der Waals surface area contributed by atoms with Crippen LogP contribution in [0.1, 0.15) is 5.56 Å². The number of urea groups is 1.